The Morgan fingerprint density at radius 3 is 1.42 bits per heavy atom. The van der Waals surface area contributed by atoms with Gasteiger partial charge in [0, 0.05) is 0 Å². The van der Waals surface area contributed by atoms with Gasteiger partial charge in [-0.05, 0) is 44.3 Å². The van der Waals surface area contributed by atoms with Crippen LogP contribution < -0.4 is 0 Å². The van der Waals surface area contributed by atoms with Crippen molar-refractivity contribution < 1.29 is 0 Å². The van der Waals surface area contributed by atoms with Crippen molar-refractivity contribution in [2.75, 3.05) is 0 Å². The molecule has 2 aliphatic rings. The fourth-order valence-electron chi connectivity index (χ4n) is 5.01. The van der Waals surface area contributed by atoms with E-state index in [1.165, 1.54) is 0 Å². The highest BCUT2D eigenvalue weighted by atomic mass is 14.7. The number of benzene rings is 1. The highest BCUT2D eigenvalue weighted by Gasteiger charge is 2.65. The van der Waals surface area contributed by atoms with Gasteiger partial charge in [-0.1, -0.05) is 73.6 Å². The van der Waals surface area contributed by atoms with E-state index < -0.39 is 0 Å². The van der Waals surface area contributed by atoms with Gasteiger partial charge in [0.15, 0.2) is 0 Å². The molecule has 104 valence electrons. The van der Waals surface area contributed by atoms with Gasteiger partial charge < -0.3 is 0 Å². The summed E-state index contributed by atoms with van der Waals surface area (Å²) < 4.78 is 0. The molecule has 0 spiro atoms. The Balaban J connectivity index is 2.44. The van der Waals surface area contributed by atoms with Crippen LogP contribution in [0.1, 0.15) is 78.0 Å². The molecule has 0 saturated carbocycles. The number of hydrogen-bond donors (Lipinski definition) is 0. The van der Waals surface area contributed by atoms with Gasteiger partial charge in [-0.15, -0.1) is 0 Å². The summed E-state index contributed by atoms with van der Waals surface area (Å²) in [4.78, 5) is 0. The average molecular weight is 256 g/mol. The fourth-order valence-corrected chi connectivity index (χ4v) is 5.01. The largest absolute Gasteiger partial charge is 0.0617 e. The molecule has 0 nitrogen and oxygen atoms in total. The molecule has 0 unspecified atom stereocenters. The molecule has 0 aromatic heterocycles. The quantitative estimate of drug-likeness (QED) is 0.582. The van der Waals surface area contributed by atoms with E-state index in [4.69, 9.17) is 0 Å². The molecule has 0 fully saturated rings. The van der Waals surface area contributed by atoms with Crippen molar-refractivity contribution in [2.24, 2.45) is 10.8 Å². The molecule has 0 N–H and O–H groups in total. The maximum absolute atomic E-state index is 2.48. The van der Waals surface area contributed by atoms with Crippen LogP contribution in [0, 0.1) is 10.8 Å². The van der Waals surface area contributed by atoms with Crippen molar-refractivity contribution in [1.29, 1.82) is 0 Å². The molecule has 1 aromatic carbocycles. The zero-order valence-corrected chi connectivity index (χ0v) is 13.8. The Hall–Kier alpha value is -0.780. The molecule has 19 heavy (non-hydrogen) atoms. The predicted molar refractivity (Wildman–Crippen MR) is 82.8 cm³/mol. The first kappa shape index (κ1) is 13.2. The zero-order valence-electron chi connectivity index (χ0n) is 13.8. The van der Waals surface area contributed by atoms with E-state index >= 15 is 0 Å². The highest BCUT2D eigenvalue weighted by Crippen LogP contribution is 2.72. The van der Waals surface area contributed by atoms with Gasteiger partial charge in [0.25, 0.3) is 0 Å². The van der Waals surface area contributed by atoms with E-state index in [0.29, 0.717) is 16.7 Å². The molecule has 0 amide bonds. The van der Waals surface area contributed by atoms with Gasteiger partial charge in [-0.2, -0.15) is 0 Å². The summed E-state index contributed by atoms with van der Waals surface area (Å²) in [6, 6.07) is 7.02. The summed E-state index contributed by atoms with van der Waals surface area (Å²) >= 11 is 0. The van der Waals surface area contributed by atoms with Gasteiger partial charge in [0.2, 0.25) is 0 Å². The van der Waals surface area contributed by atoms with E-state index in [1.54, 1.807) is 16.7 Å². The van der Waals surface area contributed by atoms with Crippen LogP contribution in [0.2, 0.25) is 0 Å². The Morgan fingerprint density at radius 2 is 1.05 bits per heavy atom. The summed E-state index contributed by atoms with van der Waals surface area (Å²) in [5.41, 5.74) is 6.00. The SMILES string of the molecule is CC1(C)c2cccc3c2C(C1(C)C)C(C)(C)C3(C)C. The van der Waals surface area contributed by atoms with Gasteiger partial charge in [-0.25, -0.2) is 0 Å². The van der Waals surface area contributed by atoms with E-state index in [9.17, 15) is 0 Å². The van der Waals surface area contributed by atoms with Crippen LogP contribution in [-0.4, -0.2) is 0 Å². The second kappa shape index (κ2) is 3.10. The first-order valence-corrected chi connectivity index (χ1v) is 7.61. The summed E-state index contributed by atoms with van der Waals surface area (Å²) in [6.45, 7) is 19.6. The van der Waals surface area contributed by atoms with Crippen LogP contribution in [0.4, 0.5) is 0 Å². The molecule has 3 rings (SSSR count). The van der Waals surface area contributed by atoms with Crippen molar-refractivity contribution in [1.82, 2.24) is 0 Å². The Labute approximate surface area is 118 Å². The van der Waals surface area contributed by atoms with Crippen molar-refractivity contribution in [3.05, 3.63) is 34.9 Å². The van der Waals surface area contributed by atoms with Crippen molar-refractivity contribution >= 4 is 0 Å². The van der Waals surface area contributed by atoms with Gasteiger partial charge >= 0.3 is 0 Å². The molecule has 0 atom stereocenters. The van der Waals surface area contributed by atoms with Crippen LogP contribution in [-0.2, 0) is 10.8 Å². The summed E-state index contributed by atoms with van der Waals surface area (Å²) in [5, 5.41) is 0. The molecule has 0 heterocycles. The second-order valence-corrected chi connectivity index (χ2v) is 8.89. The van der Waals surface area contributed by atoms with E-state index in [2.05, 4.69) is 73.6 Å². The van der Waals surface area contributed by atoms with Crippen LogP contribution in [0.15, 0.2) is 18.2 Å². The molecule has 0 bridgehead atoms. The van der Waals surface area contributed by atoms with Crippen molar-refractivity contribution in [3.63, 3.8) is 0 Å². The summed E-state index contributed by atoms with van der Waals surface area (Å²) in [7, 11) is 0. The third-order valence-corrected chi connectivity index (χ3v) is 7.41. The maximum Gasteiger partial charge on any atom is -0.00368 e. The summed E-state index contributed by atoms with van der Waals surface area (Å²) in [6.07, 6.45) is 0. The lowest BCUT2D eigenvalue weighted by Crippen LogP contribution is -2.44. The third kappa shape index (κ3) is 1.14. The lowest BCUT2D eigenvalue weighted by molar-refractivity contribution is 0.0633. The first-order chi connectivity index (χ1) is 8.47. The lowest BCUT2D eigenvalue weighted by Gasteiger charge is -2.49. The molecule has 0 radical (unpaired) electrons. The smallest absolute Gasteiger partial charge is 0.00368 e. The molecule has 1 aromatic rings. The molecule has 0 saturated heterocycles. The van der Waals surface area contributed by atoms with E-state index in [1.807, 2.05) is 0 Å². The van der Waals surface area contributed by atoms with Crippen LogP contribution in [0.5, 0.6) is 0 Å². The lowest BCUT2D eigenvalue weighted by atomic mass is 9.54. The molecule has 0 aliphatic heterocycles. The Kier molecular flexibility index (Phi) is 2.16. The molecular formula is C19H28. The Morgan fingerprint density at radius 1 is 0.684 bits per heavy atom. The van der Waals surface area contributed by atoms with E-state index in [0.717, 1.165) is 0 Å². The third-order valence-electron chi connectivity index (χ3n) is 7.41. The number of rotatable bonds is 0. The molecule has 0 heteroatoms. The fraction of sp³-hybridized carbons (Fsp3) is 0.684. The Bertz CT molecular complexity index is 509. The average Bonchev–Trinajstić information content (AvgIpc) is 2.52. The minimum atomic E-state index is 0.261. The van der Waals surface area contributed by atoms with E-state index in [-0.39, 0.29) is 10.8 Å². The van der Waals surface area contributed by atoms with Crippen LogP contribution in [0.3, 0.4) is 0 Å². The second-order valence-electron chi connectivity index (χ2n) is 8.89. The minimum absolute atomic E-state index is 0.261. The summed E-state index contributed by atoms with van der Waals surface area (Å²) in [5.74, 6) is 0.663. The standard InChI is InChI=1S/C19H28/c1-16(2)12-10-9-11-13-14(12)15(18(16,5)6)19(7,8)17(13,3)4/h9-11,15H,1-8H3. The van der Waals surface area contributed by atoms with Gasteiger partial charge in [0.1, 0.15) is 0 Å². The predicted octanol–water partition coefficient (Wildman–Crippen LogP) is 5.41. The molecular weight excluding hydrogens is 228 g/mol. The van der Waals surface area contributed by atoms with Gasteiger partial charge in [0.05, 0.1) is 0 Å². The highest BCUT2D eigenvalue weighted by molar-refractivity contribution is 5.58. The van der Waals surface area contributed by atoms with Crippen molar-refractivity contribution in [3.8, 4) is 0 Å². The van der Waals surface area contributed by atoms with Crippen LogP contribution >= 0.6 is 0 Å². The zero-order chi connectivity index (χ0) is 14.4. The van der Waals surface area contributed by atoms with Crippen molar-refractivity contribution in [2.45, 2.75) is 72.1 Å². The van der Waals surface area contributed by atoms with Gasteiger partial charge in [-0.3, -0.25) is 0 Å². The first-order valence-electron chi connectivity index (χ1n) is 7.61. The maximum atomic E-state index is 2.48. The monoisotopic (exact) mass is 256 g/mol. The normalized spacial score (nSPS) is 28.4. The van der Waals surface area contributed by atoms with Crippen LogP contribution in [0.25, 0.3) is 0 Å². The molecule has 2 aliphatic carbocycles. The topological polar surface area (TPSA) is 0 Å². The number of hydrogen-bond acceptors (Lipinski definition) is 0. The minimum Gasteiger partial charge on any atom is -0.0617 e.